The Kier molecular flexibility index (Phi) is 2.45. The van der Waals surface area contributed by atoms with Gasteiger partial charge in [0.15, 0.2) is 0 Å². The predicted octanol–water partition coefficient (Wildman–Crippen LogP) is 2.80. The lowest BCUT2D eigenvalue weighted by Crippen LogP contribution is -1.87. The minimum absolute atomic E-state index is 0.349. The quantitative estimate of drug-likeness (QED) is 0.618. The third-order valence-corrected chi connectivity index (χ3v) is 1.91. The zero-order chi connectivity index (χ0) is 8.43. The monoisotopic (exact) mass is 168 g/mol. The summed E-state index contributed by atoms with van der Waals surface area (Å²) < 4.78 is 0. The first-order chi connectivity index (χ1) is 5.11. The first kappa shape index (κ1) is 8.47. The van der Waals surface area contributed by atoms with Crippen molar-refractivity contribution in [3.63, 3.8) is 0 Å². The highest BCUT2D eigenvalue weighted by atomic mass is 32.1. The molecule has 0 aliphatic carbocycles. The summed E-state index contributed by atoms with van der Waals surface area (Å²) in [5.41, 5.74) is 0.956. The van der Waals surface area contributed by atoms with Crippen molar-refractivity contribution in [3.05, 3.63) is 23.8 Å². The average Bonchev–Trinajstić information content (AvgIpc) is 1.94. The van der Waals surface area contributed by atoms with Crippen molar-refractivity contribution in [1.82, 2.24) is 0 Å². The molecule has 0 atom stereocenters. The summed E-state index contributed by atoms with van der Waals surface area (Å²) in [5, 5.41) is 9.37. The minimum atomic E-state index is 0.349. The van der Waals surface area contributed by atoms with E-state index in [-0.39, 0.29) is 0 Å². The fraction of sp³-hybridized carbons (Fsp3) is 0.333. The van der Waals surface area contributed by atoms with Crippen molar-refractivity contribution in [2.75, 3.05) is 0 Å². The number of thiol groups is 1. The van der Waals surface area contributed by atoms with Gasteiger partial charge in [-0.15, -0.1) is 12.6 Å². The number of aromatic hydroxyl groups is 1. The van der Waals surface area contributed by atoms with Crippen LogP contribution in [0, 0.1) is 0 Å². The molecule has 1 aromatic rings. The van der Waals surface area contributed by atoms with Crippen molar-refractivity contribution in [1.29, 1.82) is 0 Å². The maximum absolute atomic E-state index is 9.37. The highest BCUT2D eigenvalue weighted by Gasteiger charge is 2.04. The second kappa shape index (κ2) is 3.18. The largest absolute Gasteiger partial charge is 0.508 e. The average molecular weight is 168 g/mol. The third kappa shape index (κ3) is 1.90. The molecule has 0 aromatic heterocycles. The SMILES string of the molecule is CC(C)c1cc(S)ccc1O. The van der Waals surface area contributed by atoms with E-state index >= 15 is 0 Å². The predicted molar refractivity (Wildman–Crippen MR) is 49.4 cm³/mol. The van der Waals surface area contributed by atoms with Crippen LogP contribution >= 0.6 is 12.6 Å². The highest BCUT2D eigenvalue weighted by Crippen LogP contribution is 2.27. The van der Waals surface area contributed by atoms with Crippen molar-refractivity contribution in [2.24, 2.45) is 0 Å². The summed E-state index contributed by atoms with van der Waals surface area (Å²) in [7, 11) is 0. The molecule has 0 fully saturated rings. The van der Waals surface area contributed by atoms with E-state index in [4.69, 9.17) is 0 Å². The Bertz CT molecular complexity index is 256. The van der Waals surface area contributed by atoms with E-state index in [2.05, 4.69) is 12.6 Å². The summed E-state index contributed by atoms with van der Waals surface area (Å²) in [6.07, 6.45) is 0. The summed E-state index contributed by atoms with van der Waals surface area (Å²) >= 11 is 4.18. The van der Waals surface area contributed by atoms with Gasteiger partial charge in [-0.25, -0.2) is 0 Å². The topological polar surface area (TPSA) is 20.2 Å². The Hall–Kier alpha value is -0.630. The summed E-state index contributed by atoms with van der Waals surface area (Å²) in [6.45, 7) is 4.09. The van der Waals surface area contributed by atoms with E-state index in [1.54, 1.807) is 12.1 Å². The first-order valence-corrected chi connectivity index (χ1v) is 4.08. The molecule has 1 rings (SSSR count). The van der Waals surface area contributed by atoms with Gasteiger partial charge in [-0.3, -0.25) is 0 Å². The number of hydrogen-bond acceptors (Lipinski definition) is 2. The fourth-order valence-corrected chi connectivity index (χ4v) is 1.22. The normalized spacial score (nSPS) is 10.5. The molecule has 0 spiro atoms. The molecule has 0 unspecified atom stereocenters. The molecule has 0 saturated heterocycles. The molecule has 1 nitrogen and oxygen atoms in total. The van der Waals surface area contributed by atoms with Gasteiger partial charge in [0.05, 0.1) is 0 Å². The van der Waals surface area contributed by atoms with E-state index in [1.807, 2.05) is 19.9 Å². The molecule has 0 amide bonds. The van der Waals surface area contributed by atoms with Crippen LogP contribution in [0.3, 0.4) is 0 Å². The Labute approximate surface area is 72.5 Å². The fourth-order valence-electron chi connectivity index (χ4n) is 1.00. The Morgan fingerprint density at radius 3 is 2.45 bits per heavy atom. The first-order valence-electron chi connectivity index (χ1n) is 3.63. The number of phenols is 1. The molecule has 1 aromatic carbocycles. The van der Waals surface area contributed by atoms with Crippen LogP contribution in [0.15, 0.2) is 23.1 Å². The molecule has 1 N–H and O–H groups in total. The molecule has 0 aliphatic rings. The Morgan fingerprint density at radius 2 is 2.00 bits per heavy atom. The second-order valence-electron chi connectivity index (χ2n) is 2.90. The Morgan fingerprint density at radius 1 is 1.36 bits per heavy atom. The van der Waals surface area contributed by atoms with Gasteiger partial charge in [-0.2, -0.15) is 0 Å². The molecular formula is C9H12OS. The van der Waals surface area contributed by atoms with E-state index in [0.29, 0.717) is 11.7 Å². The van der Waals surface area contributed by atoms with Crippen LogP contribution in [0.4, 0.5) is 0 Å². The molecular weight excluding hydrogens is 156 g/mol. The van der Waals surface area contributed by atoms with Crippen molar-refractivity contribution >= 4 is 12.6 Å². The smallest absolute Gasteiger partial charge is 0.119 e. The van der Waals surface area contributed by atoms with Gasteiger partial charge < -0.3 is 5.11 Å². The molecule has 60 valence electrons. The standard InChI is InChI=1S/C9H12OS/c1-6(2)8-5-7(11)3-4-9(8)10/h3-6,10-11H,1-2H3. The molecule has 0 aliphatic heterocycles. The maximum Gasteiger partial charge on any atom is 0.119 e. The van der Waals surface area contributed by atoms with Crippen molar-refractivity contribution in [2.45, 2.75) is 24.7 Å². The maximum atomic E-state index is 9.37. The van der Waals surface area contributed by atoms with E-state index in [0.717, 1.165) is 10.5 Å². The third-order valence-electron chi connectivity index (χ3n) is 1.63. The van der Waals surface area contributed by atoms with Gasteiger partial charge >= 0.3 is 0 Å². The van der Waals surface area contributed by atoms with Crippen molar-refractivity contribution in [3.8, 4) is 5.75 Å². The van der Waals surface area contributed by atoms with Gasteiger partial charge in [0.2, 0.25) is 0 Å². The molecule has 11 heavy (non-hydrogen) atoms. The highest BCUT2D eigenvalue weighted by molar-refractivity contribution is 7.80. The number of hydrogen-bond donors (Lipinski definition) is 2. The number of benzene rings is 1. The lowest BCUT2D eigenvalue weighted by molar-refractivity contribution is 0.464. The lowest BCUT2D eigenvalue weighted by atomic mass is 10.0. The molecule has 0 saturated carbocycles. The number of rotatable bonds is 1. The molecule has 2 heteroatoms. The summed E-state index contributed by atoms with van der Waals surface area (Å²) in [6, 6.07) is 5.35. The zero-order valence-corrected chi connectivity index (χ0v) is 7.60. The van der Waals surface area contributed by atoms with Crippen LogP contribution in [0.5, 0.6) is 5.75 Å². The number of phenolic OH excluding ortho intramolecular Hbond substituents is 1. The van der Waals surface area contributed by atoms with Crippen LogP contribution in [0.2, 0.25) is 0 Å². The Balaban J connectivity index is 3.13. The zero-order valence-electron chi connectivity index (χ0n) is 6.70. The molecule has 0 bridgehead atoms. The van der Waals surface area contributed by atoms with Gasteiger partial charge in [-0.05, 0) is 29.7 Å². The van der Waals surface area contributed by atoms with Crippen LogP contribution in [0.1, 0.15) is 25.3 Å². The van der Waals surface area contributed by atoms with E-state index < -0.39 is 0 Å². The van der Waals surface area contributed by atoms with Crippen molar-refractivity contribution < 1.29 is 5.11 Å². The van der Waals surface area contributed by atoms with Gasteiger partial charge in [0.1, 0.15) is 5.75 Å². The van der Waals surface area contributed by atoms with Gasteiger partial charge in [0.25, 0.3) is 0 Å². The van der Waals surface area contributed by atoms with Crippen LogP contribution in [0.25, 0.3) is 0 Å². The lowest BCUT2D eigenvalue weighted by Gasteiger charge is -2.07. The van der Waals surface area contributed by atoms with Gasteiger partial charge in [-0.1, -0.05) is 13.8 Å². The van der Waals surface area contributed by atoms with E-state index in [9.17, 15) is 5.11 Å². The van der Waals surface area contributed by atoms with Crippen LogP contribution < -0.4 is 0 Å². The molecule has 0 radical (unpaired) electrons. The van der Waals surface area contributed by atoms with Crippen LogP contribution in [-0.4, -0.2) is 5.11 Å². The van der Waals surface area contributed by atoms with Crippen LogP contribution in [-0.2, 0) is 0 Å². The minimum Gasteiger partial charge on any atom is -0.508 e. The van der Waals surface area contributed by atoms with E-state index in [1.165, 1.54) is 0 Å². The van der Waals surface area contributed by atoms with Gasteiger partial charge in [0, 0.05) is 4.90 Å². The summed E-state index contributed by atoms with van der Waals surface area (Å²) in [4.78, 5) is 0.895. The molecule has 0 heterocycles. The second-order valence-corrected chi connectivity index (χ2v) is 3.41. The summed E-state index contributed by atoms with van der Waals surface area (Å²) in [5.74, 6) is 0.708.